The molecule has 0 saturated carbocycles. The molecule has 1 nitrogen and oxygen atoms in total. The minimum atomic E-state index is -4.25. The molecule has 1 aromatic carbocycles. The van der Waals surface area contributed by atoms with Crippen LogP contribution in [0.4, 0.5) is 13.2 Å². The molecule has 2 aliphatic heterocycles. The minimum absolute atomic E-state index is 0.0388. The molecule has 3 rings (SSSR count). The van der Waals surface area contributed by atoms with E-state index < -0.39 is 11.7 Å². The molecule has 0 aromatic heterocycles. The molecule has 0 unspecified atom stereocenters. The van der Waals surface area contributed by atoms with E-state index >= 15 is 0 Å². The second-order valence-electron chi connectivity index (χ2n) is 5.57. The molecular weight excluding hydrogens is 251 g/mol. The molecule has 0 radical (unpaired) electrons. The lowest BCUT2D eigenvalue weighted by Gasteiger charge is -2.35. The van der Waals surface area contributed by atoms with Crippen LogP contribution in [0.25, 0.3) is 0 Å². The van der Waals surface area contributed by atoms with Crippen LogP contribution in [0.1, 0.15) is 49.3 Å². The predicted octanol–water partition coefficient (Wildman–Crippen LogP) is 4.39. The van der Waals surface area contributed by atoms with Gasteiger partial charge in [0.25, 0.3) is 0 Å². The third-order valence-electron chi connectivity index (χ3n) is 4.47. The maximum absolute atomic E-state index is 13.1. The number of halogens is 3. The fraction of sp³-hybridized carbons (Fsp3) is 0.600. The van der Waals surface area contributed by atoms with Crippen molar-refractivity contribution in [2.24, 2.45) is 0 Å². The number of hydrogen-bond acceptors (Lipinski definition) is 1. The summed E-state index contributed by atoms with van der Waals surface area (Å²) in [6.45, 7) is 0.946. The molecule has 0 amide bonds. The van der Waals surface area contributed by atoms with Crippen LogP contribution in [0.15, 0.2) is 24.3 Å². The van der Waals surface area contributed by atoms with Gasteiger partial charge >= 0.3 is 6.18 Å². The zero-order valence-corrected chi connectivity index (χ0v) is 10.8. The number of piperidine rings is 1. The van der Waals surface area contributed by atoms with E-state index in [1.165, 1.54) is 18.6 Å². The summed E-state index contributed by atoms with van der Waals surface area (Å²) in [5, 5.41) is 0. The zero-order valence-electron chi connectivity index (χ0n) is 10.8. The average molecular weight is 269 g/mol. The van der Waals surface area contributed by atoms with Crippen LogP contribution in [0.3, 0.4) is 0 Å². The van der Waals surface area contributed by atoms with Gasteiger partial charge in [-0.25, -0.2) is 0 Å². The van der Waals surface area contributed by atoms with Crippen molar-refractivity contribution in [3.05, 3.63) is 35.4 Å². The molecule has 104 valence electrons. The Morgan fingerprint density at radius 2 is 1.79 bits per heavy atom. The molecule has 0 aliphatic carbocycles. The van der Waals surface area contributed by atoms with Gasteiger partial charge in [0.2, 0.25) is 0 Å². The van der Waals surface area contributed by atoms with Crippen molar-refractivity contribution in [1.29, 1.82) is 0 Å². The van der Waals surface area contributed by atoms with Crippen molar-refractivity contribution < 1.29 is 13.2 Å². The monoisotopic (exact) mass is 269 g/mol. The Balaban J connectivity index is 1.94. The summed E-state index contributed by atoms with van der Waals surface area (Å²) in [6, 6.07) is 6.54. The normalized spacial score (nSPS) is 28.4. The Labute approximate surface area is 111 Å². The van der Waals surface area contributed by atoms with Gasteiger partial charge in [0, 0.05) is 12.1 Å². The lowest BCUT2D eigenvalue weighted by molar-refractivity contribution is -0.138. The van der Waals surface area contributed by atoms with E-state index in [-0.39, 0.29) is 6.04 Å². The van der Waals surface area contributed by atoms with Crippen molar-refractivity contribution in [1.82, 2.24) is 4.90 Å². The number of hydrogen-bond donors (Lipinski definition) is 0. The SMILES string of the molecule is FC(F)(F)c1ccccc1[C@@H]1CC[C@@H]2CCCCN21. The number of rotatable bonds is 1. The number of nitrogens with zero attached hydrogens (tertiary/aromatic N) is 1. The van der Waals surface area contributed by atoms with Crippen molar-refractivity contribution >= 4 is 0 Å². The Morgan fingerprint density at radius 3 is 2.58 bits per heavy atom. The van der Waals surface area contributed by atoms with E-state index in [0.29, 0.717) is 11.6 Å². The van der Waals surface area contributed by atoms with E-state index in [1.807, 2.05) is 0 Å². The van der Waals surface area contributed by atoms with Crippen LogP contribution in [0.2, 0.25) is 0 Å². The van der Waals surface area contributed by atoms with Crippen LogP contribution in [0.5, 0.6) is 0 Å². The van der Waals surface area contributed by atoms with Gasteiger partial charge in [0.15, 0.2) is 0 Å². The number of alkyl halides is 3. The van der Waals surface area contributed by atoms with Gasteiger partial charge in [0.1, 0.15) is 0 Å². The standard InChI is InChI=1S/C15H18F3N/c16-15(17,18)13-7-2-1-6-12(13)14-9-8-11-5-3-4-10-19(11)14/h1-2,6-7,11,14H,3-5,8-10H2/t11-,14-/m0/s1. The Bertz CT molecular complexity index is 455. The van der Waals surface area contributed by atoms with Gasteiger partial charge in [-0.3, -0.25) is 4.90 Å². The van der Waals surface area contributed by atoms with E-state index in [4.69, 9.17) is 0 Å². The van der Waals surface area contributed by atoms with Crippen LogP contribution >= 0.6 is 0 Å². The summed E-state index contributed by atoms with van der Waals surface area (Å²) in [5.74, 6) is 0. The summed E-state index contributed by atoms with van der Waals surface area (Å²) in [5.41, 5.74) is 0.0191. The third kappa shape index (κ3) is 2.38. The van der Waals surface area contributed by atoms with Crippen molar-refractivity contribution in [2.45, 2.75) is 50.4 Å². The highest BCUT2D eigenvalue weighted by atomic mass is 19.4. The smallest absolute Gasteiger partial charge is 0.293 e. The van der Waals surface area contributed by atoms with E-state index in [9.17, 15) is 13.2 Å². The van der Waals surface area contributed by atoms with Gasteiger partial charge in [-0.15, -0.1) is 0 Å². The maximum atomic E-state index is 13.1. The molecule has 2 saturated heterocycles. The first-order valence-corrected chi connectivity index (χ1v) is 6.99. The molecule has 0 spiro atoms. The van der Waals surface area contributed by atoms with E-state index in [1.54, 1.807) is 12.1 Å². The number of fused-ring (bicyclic) bond motifs is 1. The van der Waals surface area contributed by atoms with Gasteiger partial charge < -0.3 is 0 Å². The fourth-order valence-corrected chi connectivity index (χ4v) is 3.64. The molecule has 2 heterocycles. The van der Waals surface area contributed by atoms with Crippen molar-refractivity contribution in [3.8, 4) is 0 Å². The highest BCUT2D eigenvalue weighted by molar-refractivity contribution is 5.33. The summed E-state index contributed by atoms with van der Waals surface area (Å²) in [4.78, 5) is 2.30. The minimum Gasteiger partial charge on any atom is -0.293 e. The molecule has 0 N–H and O–H groups in total. The summed E-state index contributed by atoms with van der Waals surface area (Å²) in [6.07, 6.45) is 1.12. The second kappa shape index (κ2) is 4.82. The van der Waals surface area contributed by atoms with Gasteiger partial charge in [0.05, 0.1) is 5.56 Å². The van der Waals surface area contributed by atoms with Crippen molar-refractivity contribution in [2.75, 3.05) is 6.54 Å². The third-order valence-corrected chi connectivity index (χ3v) is 4.47. The second-order valence-corrected chi connectivity index (χ2v) is 5.57. The molecule has 2 fully saturated rings. The van der Waals surface area contributed by atoms with Crippen LogP contribution in [0, 0.1) is 0 Å². The molecule has 2 atom stereocenters. The van der Waals surface area contributed by atoms with Crippen molar-refractivity contribution in [3.63, 3.8) is 0 Å². The van der Waals surface area contributed by atoms with E-state index in [2.05, 4.69) is 4.90 Å². The first-order valence-electron chi connectivity index (χ1n) is 6.99. The summed E-state index contributed by atoms with van der Waals surface area (Å²) >= 11 is 0. The first kappa shape index (κ1) is 13.0. The highest BCUT2D eigenvalue weighted by Gasteiger charge is 2.40. The fourth-order valence-electron chi connectivity index (χ4n) is 3.64. The molecule has 0 bridgehead atoms. The quantitative estimate of drug-likeness (QED) is 0.730. The highest BCUT2D eigenvalue weighted by Crippen LogP contribution is 2.44. The number of benzene rings is 1. The topological polar surface area (TPSA) is 3.24 Å². The molecule has 4 heteroatoms. The lowest BCUT2D eigenvalue weighted by atomic mass is 9.97. The molecule has 2 aliphatic rings. The summed E-state index contributed by atoms with van der Waals surface area (Å²) in [7, 11) is 0. The average Bonchev–Trinajstić information content (AvgIpc) is 2.81. The predicted molar refractivity (Wildman–Crippen MR) is 67.8 cm³/mol. The Hall–Kier alpha value is -1.03. The largest absolute Gasteiger partial charge is 0.416 e. The molecule has 1 aromatic rings. The zero-order chi connectivity index (χ0) is 13.5. The van der Waals surface area contributed by atoms with Gasteiger partial charge in [-0.2, -0.15) is 13.2 Å². The van der Waals surface area contributed by atoms with Gasteiger partial charge in [-0.05, 0) is 43.9 Å². The van der Waals surface area contributed by atoms with E-state index in [0.717, 1.165) is 32.2 Å². The summed E-state index contributed by atoms with van der Waals surface area (Å²) < 4.78 is 39.3. The van der Waals surface area contributed by atoms with Crippen LogP contribution in [-0.4, -0.2) is 17.5 Å². The van der Waals surface area contributed by atoms with Gasteiger partial charge in [-0.1, -0.05) is 24.6 Å². The maximum Gasteiger partial charge on any atom is 0.416 e. The van der Waals surface area contributed by atoms with Crippen LogP contribution < -0.4 is 0 Å². The molecular formula is C15H18F3N. The Morgan fingerprint density at radius 1 is 1.00 bits per heavy atom. The molecule has 19 heavy (non-hydrogen) atoms. The Kier molecular flexibility index (Phi) is 3.29. The van der Waals surface area contributed by atoms with Crippen LogP contribution in [-0.2, 0) is 6.18 Å². The lowest BCUT2D eigenvalue weighted by Crippen LogP contribution is -2.36. The first-order chi connectivity index (χ1) is 9.07.